The van der Waals surface area contributed by atoms with Crippen LogP contribution < -0.4 is 5.32 Å². The van der Waals surface area contributed by atoms with Gasteiger partial charge in [0, 0.05) is 24.4 Å². The number of rotatable bonds is 5. The zero-order valence-electron chi connectivity index (χ0n) is 10.6. The van der Waals surface area contributed by atoms with Crippen LogP contribution in [0.25, 0.3) is 0 Å². The molecule has 3 atom stereocenters. The van der Waals surface area contributed by atoms with E-state index in [1.54, 1.807) is 0 Å². The minimum Gasteiger partial charge on any atom is -0.313 e. The van der Waals surface area contributed by atoms with Gasteiger partial charge in [-0.1, -0.05) is 6.92 Å². The van der Waals surface area contributed by atoms with Gasteiger partial charge in [0.25, 0.3) is 0 Å². The van der Waals surface area contributed by atoms with E-state index in [0.29, 0.717) is 12.1 Å². The van der Waals surface area contributed by atoms with Crippen LogP contribution in [0.15, 0.2) is 0 Å². The molecule has 0 aromatic rings. The minimum absolute atomic E-state index is 0.694. The Morgan fingerprint density at radius 2 is 2.27 bits per heavy atom. The Morgan fingerprint density at radius 3 is 2.87 bits per heavy atom. The van der Waals surface area contributed by atoms with Gasteiger partial charge in [-0.25, -0.2) is 0 Å². The molecule has 15 heavy (non-hydrogen) atoms. The van der Waals surface area contributed by atoms with Crippen LogP contribution in [-0.4, -0.2) is 49.1 Å². The number of nitrogens with zero attached hydrogens (tertiary/aromatic N) is 1. The second-order valence-corrected chi connectivity index (χ2v) is 5.94. The summed E-state index contributed by atoms with van der Waals surface area (Å²) in [5, 5.41) is 3.63. The molecule has 2 nitrogen and oxygen atoms in total. The average molecular weight is 230 g/mol. The van der Waals surface area contributed by atoms with Crippen molar-refractivity contribution >= 4 is 11.8 Å². The largest absolute Gasteiger partial charge is 0.313 e. The van der Waals surface area contributed by atoms with Crippen LogP contribution >= 0.6 is 11.8 Å². The van der Waals surface area contributed by atoms with E-state index in [-0.39, 0.29) is 0 Å². The van der Waals surface area contributed by atoms with Crippen molar-refractivity contribution in [1.82, 2.24) is 10.2 Å². The van der Waals surface area contributed by atoms with Crippen molar-refractivity contribution < 1.29 is 0 Å². The van der Waals surface area contributed by atoms with Crippen molar-refractivity contribution in [2.24, 2.45) is 5.92 Å². The first kappa shape index (κ1) is 13.3. The molecule has 1 N–H and O–H groups in total. The monoisotopic (exact) mass is 230 g/mol. The van der Waals surface area contributed by atoms with E-state index in [9.17, 15) is 0 Å². The second-order valence-electron chi connectivity index (χ2n) is 5.02. The highest BCUT2D eigenvalue weighted by molar-refractivity contribution is 7.98. The first-order chi connectivity index (χ1) is 7.13. The van der Waals surface area contributed by atoms with Crippen LogP contribution in [0.2, 0.25) is 0 Å². The summed E-state index contributed by atoms with van der Waals surface area (Å²) in [6.45, 7) is 7.10. The summed E-state index contributed by atoms with van der Waals surface area (Å²) in [7, 11) is 2.25. The van der Waals surface area contributed by atoms with Gasteiger partial charge >= 0.3 is 0 Å². The molecular weight excluding hydrogens is 204 g/mol. The second kappa shape index (κ2) is 6.77. The predicted octanol–water partition coefficient (Wildman–Crippen LogP) is 2.06. The molecule has 1 rings (SSSR count). The Labute approximate surface area is 99.2 Å². The first-order valence-electron chi connectivity index (χ1n) is 6.06. The number of hydrogen-bond donors (Lipinski definition) is 1. The molecule has 1 aliphatic heterocycles. The number of thioether (sulfide) groups is 1. The van der Waals surface area contributed by atoms with E-state index in [1.165, 1.54) is 31.7 Å². The lowest BCUT2D eigenvalue weighted by Crippen LogP contribution is -2.47. The van der Waals surface area contributed by atoms with Crippen molar-refractivity contribution in [3.05, 3.63) is 0 Å². The molecule has 0 aromatic heterocycles. The van der Waals surface area contributed by atoms with Crippen molar-refractivity contribution in [3.8, 4) is 0 Å². The third-order valence-electron chi connectivity index (χ3n) is 3.43. The highest BCUT2D eigenvalue weighted by Gasteiger charge is 2.20. The quantitative estimate of drug-likeness (QED) is 0.778. The van der Waals surface area contributed by atoms with Gasteiger partial charge < -0.3 is 10.2 Å². The van der Waals surface area contributed by atoms with E-state index in [4.69, 9.17) is 0 Å². The smallest absolute Gasteiger partial charge is 0.0197 e. The summed E-state index contributed by atoms with van der Waals surface area (Å²) in [5.41, 5.74) is 0. The van der Waals surface area contributed by atoms with E-state index in [1.807, 2.05) is 11.8 Å². The molecule has 0 aliphatic carbocycles. The van der Waals surface area contributed by atoms with Crippen molar-refractivity contribution in [1.29, 1.82) is 0 Å². The van der Waals surface area contributed by atoms with Crippen LogP contribution in [0.1, 0.15) is 26.7 Å². The molecule has 1 fully saturated rings. The van der Waals surface area contributed by atoms with E-state index >= 15 is 0 Å². The number of likely N-dealkylation sites (N-methyl/N-ethyl adjacent to an activating group) is 1. The fourth-order valence-corrected chi connectivity index (χ4v) is 2.99. The van der Waals surface area contributed by atoms with Gasteiger partial charge in [0.05, 0.1) is 0 Å². The molecule has 0 saturated carbocycles. The third kappa shape index (κ3) is 4.75. The topological polar surface area (TPSA) is 15.3 Å². The molecular formula is C12H26N2S. The Balaban J connectivity index is 2.26. The molecule has 0 bridgehead atoms. The summed E-state index contributed by atoms with van der Waals surface area (Å²) in [5.74, 6) is 2.14. The van der Waals surface area contributed by atoms with Gasteiger partial charge in [0.2, 0.25) is 0 Å². The Morgan fingerprint density at radius 1 is 1.53 bits per heavy atom. The van der Waals surface area contributed by atoms with Crippen LogP contribution in [0.3, 0.4) is 0 Å². The summed E-state index contributed by atoms with van der Waals surface area (Å²) in [6.07, 6.45) is 4.88. The summed E-state index contributed by atoms with van der Waals surface area (Å²) in [4.78, 5) is 2.49. The minimum atomic E-state index is 0.694. The van der Waals surface area contributed by atoms with Gasteiger partial charge in [-0.2, -0.15) is 11.8 Å². The van der Waals surface area contributed by atoms with Gasteiger partial charge in [-0.3, -0.25) is 0 Å². The zero-order valence-corrected chi connectivity index (χ0v) is 11.4. The molecule has 0 amide bonds. The number of piperidine rings is 1. The highest BCUT2D eigenvalue weighted by atomic mass is 32.2. The molecule has 1 aliphatic rings. The summed E-state index contributed by atoms with van der Waals surface area (Å²) >= 11 is 1.94. The molecule has 1 saturated heterocycles. The van der Waals surface area contributed by atoms with Gasteiger partial charge in [-0.15, -0.1) is 0 Å². The molecule has 1 heterocycles. The highest BCUT2D eigenvalue weighted by Crippen LogP contribution is 2.16. The van der Waals surface area contributed by atoms with Crippen LogP contribution in [0.4, 0.5) is 0 Å². The molecule has 3 unspecified atom stereocenters. The maximum Gasteiger partial charge on any atom is 0.0197 e. The van der Waals surface area contributed by atoms with Gasteiger partial charge in [0.1, 0.15) is 0 Å². The lowest BCUT2D eigenvalue weighted by molar-refractivity contribution is 0.207. The van der Waals surface area contributed by atoms with Gasteiger partial charge in [0.15, 0.2) is 0 Å². The average Bonchev–Trinajstić information content (AvgIpc) is 2.18. The Hall–Kier alpha value is 0.270. The van der Waals surface area contributed by atoms with Crippen molar-refractivity contribution in [2.75, 3.05) is 32.1 Å². The maximum atomic E-state index is 3.63. The zero-order chi connectivity index (χ0) is 11.3. The summed E-state index contributed by atoms with van der Waals surface area (Å²) in [6, 6.07) is 1.40. The van der Waals surface area contributed by atoms with Crippen LogP contribution in [0, 0.1) is 5.92 Å². The molecule has 0 aromatic carbocycles. The van der Waals surface area contributed by atoms with E-state index < -0.39 is 0 Å². The van der Waals surface area contributed by atoms with E-state index in [0.717, 1.165) is 5.92 Å². The van der Waals surface area contributed by atoms with E-state index in [2.05, 4.69) is 37.4 Å². The number of hydrogen-bond acceptors (Lipinski definition) is 3. The summed E-state index contributed by atoms with van der Waals surface area (Å²) < 4.78 is 0. The Kier molecular flexibility index (Phi) is 6.02. The molecule has 0 spiro atoms. The third-order valence-corrected chi connectivity index (χ3v) is 4.24. The van der Waals surface area contributed by atoms with Crippen molar-refractivity contribution in [2.45, 2.75) is 38.8 Å². The molecule has 3 heteroatoms. The normalized spacial score (nSPS) is 29.4. The van der Waals surface area contributed by atoms with Crippen LogP contribution in [-0.2, 0) is 0 Å². The fraction of sp³-hybridized carbons (Fsp3) is 1.00. The standard InChI is InChI=1S/C12H26N2S/c1-10-5-6-13-12(7-10)8-14(3)11(2)9-15-4/h10-13H,5-9H2,1-4H3. The fourth-order valence-electron chi connectivity index (χ4n) is 2.26. The first-order valence-corrected chi connectivity index (χ1v) is 7.45. The predicted molar refractivity (Wildman–Crippen MR) is 70.7 cm³/mol. The molecule has 0 radical (unpaired) electrons. The van der Waals surface area contributed by atoms with Crippen molar-refractivity contribution in [3.63, 3.8) is 0 Å². The number of nitrogens with one attached hydrogen (secondary N) is 1. The SMILES string of the molecule is CSCC(C)N(C)CC1CC(C)CCN1. The maximum absolute atomic E-state index is 3.63. The molecule has 90 valence electrons. The van der Waals surface area contributed by atoms with Gasteiger partial charge in [-0.05, 0) is 45.5 Å². The lowest BCUT2D eigenvalue weighted by Gasteiger charge is -2.33. The lowest BCUT2D eigenvalue weighted by atomic mass is 9.94. The van der Waals surface area contributed by atoms with Crippen LogP contribution in [0.5, 0.6) is 0 Å². The Bertz CT molecular complexity index is 175.